The zero-order valence-electron chi connectivity index (χ0n) is 19.8. The van der Waals surface area contributed by atoms with Gasteiger partial charge in [-0.1, -0.05) is 68.1 Å². The Kier molecular flexibility index (Phi) is 11.9. The Balaban J connectivity index is 0.000000466. The number of hydrogen-bond donors (Lipinski definition) is 1. The molecule has 0 saturated carbocycles. The van der Waals surface area contributed by atoms with Crippen molar-refractivity contribution in [2.75, 3.05) is 6.61 Å². The summed E-state index contributed by atoms with van der Waals surface area (Å²) in [6, 6.07) is 25.1. The minimum atomic E-state index is -0.966. The topological polar surface area (TPSA) is 82.1 Å². The smallest absolute Gasteiger partial charge is 0.330 e. The van der Waals surface area contributed by atoms with Crippen LogP contribution in [0.5, 0.6) is 11.5 Å². The summed E-state index contributed by atoms with van der Waals surface area (Å²) in [5.74, 6) is 0.238. The van der Waals surface area contributed by atoms with E-state index >= 15 is 0 Å². The van der Waals surface area contributed by atoms with Crippen LogP contribution in [0, 0.1) is 0 Å². The second kappa shape index (κ2) is 15.5. The molecule has 0 aliphatic heterocycles. The van der Waals surface area contributed by atoms with Crippen LogP contribution in [-0.4, -0.2) is 23.7 Å². The first kappa shape index (κ1) is 26.9. The molecule has 0 heterocycles. The molecule has 0 saturated heterocycles. The highest BCUT2D eigenvalue weighted by Gasteiger charge is 2.00. The number of carbonyl (C=O) groups excluding carboxylic acids is 1. The maximum absolute atomic E-state index is 10.5. The van der Waals surface area contributed by atoms with Gasteiger partial charge < -0.3 is 19.3 Å². The fraction of sp³-hybridized carbons (Fsp3) is 0.172. The van der Waals surface area contributed by atoms with E-state index in [-0.39, 0.29) is 5.97 Å². The van der Waals surface area contributed by atoms with E-state index in [2.05, 4.69) is 11.3 Å². The Labute approximate surface area is 206 Å². The molecule has 3 rings (SSSR count). The number of esters is 1. The van der Waals surface area contributed by atoms with Gasteiger partial charge in [0.25, 0.3) is 0 Å². The molecule has 0 amide bonds. The van der Waals surface area contributed by atoms with Crippen LogP contribution in [0.1, 0.15) is 30.0 Å². The van der Waals surface area contributed by atoms with Crippen molar-refractivity contribution in [3.05, 3.63) is 114 Å². The first-order valence-corrected chi connectivity index (χ1v) is 11.2. The summed E-state index contributed by atoms with van der Waals surface area (Å²) in [6.45, 7) is 6.66. The van der Waals surface area contributed by atoms with Crippen molar-refractivity contribution in [3.8, 4) is 11.5 Å². The molecule has 0 atom stereocenters. The summed E-state index contributed by atoms with van der Waals surface area (Å²) in [5.41, 5.74) is 2.98. The molecule has 1 N–H and O–H groups in total. The maximum atomic E-state index is 10.5. The second-order valence-electron chi connectivity index (χ2n) is 7.32. The molecule has 0 radical (unpaired) electrons. The normalized spacial score (nSPS) is 10.1. The lowest BCUT2D eigenvalue weighted by Gasteiger charge is -2.09. The van der Waals surface area contributed by atoms with E-state index < -0.39 is 5.97 Å². The van der Waals surface area contributed by atoms with Crippen molar-refractivity contribution in [2.45, 2.75) is 26.6 Å². The van der Waals surface area contributed by atoms with Crippen molar-refractivity contribution in [1.82, 2.24) is 0 Å². The van der Waals surface area contributed by atoms with Crippen molar-refractivity contribution < 1.29 is 28.9 Å². The molecule has 35 heavy (non-hydrogen) atoms. The van der Waals surface area contributed by atoms with Crippen LogP contribution in [0.15, 0.2) is 97.6 Å². The predicted octanol–water partition coefficient (Wildman–Crippen LogP) is 6.07. The number of aliphatic carboxylic acids is 1. The summed E-state index contributed by atoms with van der Waals surface area (Å²) < 4.78 is 16.1. The Morgan fingerprint density at radius 2 is 1.37 bits per heavy atom. The standard InChI is InChI=1S/C23H20O4.C6H10O2/c24-23(25)15-10-18-6-11-21(12-7-18)27-17-20-8-13-22(14-9-20)26-16-19-4-2-1-3-5-19;1-3-5-8-6(7)4-2/h1-15H,16-17H2,(H,24,25);4H,2-3,5H2,1H3. The minimum absolute atomic E-state index is 0.341. The average Bonchev–Trinajstić information content (AvgIpc) is 2.90. The summed E-state index contributed by atoms with van der Waals surface area (Å²) in [6.07, 6.45) is 4.67. The molecule has 0 aliphatic rings. The molecule has 0 bridgehead atoms. The first-order chi connectivity index (χ1) is 17.0. The van der Waals surface area contributed by atoms with E-state index in [4.69, 9.17) is 14.6 Å². The second-order valence-corrected chi connectivity index (χ2v) is 7.32. The molecular formula is C29H30O6. The third-order valence-corrected chi connectivity index (χ3v) is 4.49. The Hall–Kier alpha value is -4.32. The molecule has 3 aromatic rings. The van der Waals surface area contributed by atoms with Crippen LogP contribution in [0.4, 0.5) is 0 Å². The molecule has 0 spiro atoms. The number of ether oxygens (including phenoxy) is 3. The fourth-order valence-electron chi connectivity index (χ4n) is 2.69. The molecule has 0 unspecified atom stereocenters. The van der Waals surface area contributed by atoms with E-state index in [9.17, 15) is 9.59 Å². The number of carbonyl (C=O) groups is 2. The van der Waals surface area contributed by atoms with Crippen LogP contribution in [-0.2, 0) is 27.5 Å². The monoisotopic (exact) mass is 474 g/mol. The number of rotatable bonds is 11. The molecule has 182 valence electrons. The summed E-state index contributed by atoms with van der Waals surface area (Å²) in [7, 11) is 0. The average molecular weight is 475 g/mol. The molecule has 0 fully saturated rings. The zero-order chi connectivity index (χ0) is 25.3. The quantitative estimate of drug-likeness (QED) is 0.268. The van der Waals surface area contributed by atoms with Crippen LogP contribution in [0.2, 0.25) is 0 Å². The summed E-state index contributed by atoms with van der Waals surface area (Å²) >= 11 is 0. The molecule has 0 aliphatic carbocycles. The van der Waals surface area contributed by atoms with Crippen molar-refractivity contribution in [1.29, 1.82) is 0 Å². The Morgan fingerprint density at radius 1 is 0.829 bits per heavy atom. The van der Waals surface area contributed by atoms with Crippen molar-refractivity contribution >= 4 is 18.0 Å². The number of hydrogen-bond acceptors (Lipinski definition) is 5. The van der Waals surface area contributed by atoms with Crippen molar-refractivity contribution in [2.24, 2.45) is 0 Å². The van der Waals surface area contributed by atoms with Crippen LogP contribution < -0.4 is 9.47 Å². The van der Waals surface area contributed by atoms with Gasteiger partial charge in [0.05, 0.1) is 6.61 Å². The lowest BCUT2D eigenvalue weighted by Crippen LogP contribution is -1.99. The van der Waals surface area contributed by atoms with Crippen LogP contribution >= 0.6 is 0 Å². The van der Waals surface area contributed by atoms with Gasteiger partial charge in [-0.15, -0.1) is 0 Å². The van der Waals surface area contributed by atoms with Gasteiger partial charge in [-0.05, 0) is 53.5 Å². The van der Waals surface area contributed by atoms with E-state index in [0.29, 0.717) is 19.8 Å². The summed E-state index contributed by atoms with van der Waals surface area (Å²) in [5, 5.41) is 8.63. The molecule has 6 heteroatoms. The van der Waals surface area contributed by atoms with Gasteiger partial charge in [0.2, 0.25) is 0 Å². The van der Waals surface area contributed by atoms with E-state index in [1.54, 1.807) is 6.08 Å². The third kappa shape index (κ3) is 11.4. The zero-order valence-corrected chi connectivity index (χ0v) is 19.8. The fourth-order valence-corrected chi connectivity index (χ4v) is 2.69. The predicted molar refractivity (Wildman–Crippen MR) is 136 cm³/mol. The Bertz CT molecular complexity index is 1070. The van der Waals surface area contributed by atoms with Gasteiger partial charge in [-0.25, -0.2) is 9.59 Å². The van der Waals surface area contributed by atoms with Gasteiger partial charge in [0.1, 0.15) is 24.7 Å². The first-order valence-electron chi connectivity index (χ1n) is 11.2. The van der Waals surface area contributed by atoms with Gasteiger partial charge in [-0.2, -0.15) is 0 Å². The maximum Gasteiger partial charge on any atom is 0.330 e. The summed E-state index contributed by atoms with van der Waals surface area (Å²) in [4.78, 5) is 20.7. The van der Waals surface area contributed by atoms with Gasteiger partial charge >= 0.3 is 11.9 Å². The highest BCUT2D eigenvalue weighted by atomic mass is 16.5. The molecule has 3 aromatic carbocycles. The van der Waals surface area contributed by atoms with Gasteiger partial charge in [0.15, 0.2) is 0 Å². The van der Waals surface area contributed by atoms with E-state index in [1.165, 1.54) is 0 Å². The molecule has 6 nitrogen and oxygen atoms in total. The lowest BCUT2D eigenvalue weighted by atomic mass is 10.2. The lowest BCUT2D eigenvalue weighted by molar-refractivity contribution is -0.137. The number of carboxylic acids is 1. The van der Waals surface area contributed by atoms with E-state index in [1.807, 2.05) is 85.8 Å². The number of carboxylic acid groups (broad SMARTS) is 1. The van der Waals surface area contributed by atoms with Gasteiger partial charge in [-0.3, -0.25) is 0 Å². The van der Waals surface area contributed by atoms with Gasteiger partial charge in [0, 0.05) is 12.2 Å². The van der Waals surface area contributed by atoms with E-state index in [0.717, 1.165) is 46.8 Å². The minimum Gasteiger partial charge on any atom is -0.489 e. The molecular weight excluding hydrogens is 444 g/mol. The largest absolute Gasteiger partial charge is 0.489 e. The van der Waals surface area contributed by atoms with Crippen LogP contribution in [0.3, 0.4) is 0 Å². The number of benzene rings is 3. The van der Waals surface area contributed by atoms with Crippen molar-refractivity contribution in [3.63, 3.8) is 0 Å². The van der Waals surface area contributed by atoms with Crippen LogP contribution in [0.25, 0.3) is 6.08 Å². The highest BCUT2D eigenvalue weighted by Crippen LogP contribution is 2.18. The highest BCUT2D eigenvalue weighted by molar-refractivity contribution is 5.85. The Morgan fingerprint density at radius 3 is 1.89 bits per heavy atom. The molecule has 0 aromatic heterocycles. The SMILES string of the molecule is C=CC(=O)OCCC.O=C(O)C=Cc1ccc(OCc2ccc(OCc3ccccc3)cc2)cc1. The third-order valence-electron chi connectivity index (χ3n) is 4.49.